The van der Waals surface area contributed by atoms with E-state index in [1.807, 2.05) is 0 Å². The SMILES string of the molecule is Cc1cc(NCc2ccc(Br)cc2F)ccc1F. The molecule has 2 aromatic carbocycles. The van der Waals surface area contributed by atoms with Crippen LogP contribution in [-0.4, -0.2) is 0 Å². The van der Waals surface area contributed by atoms with Gasteiger partial charge in [0.2, 0.25) is 0 Å². The highest BCUT2D eigenvalue weighted by molar-refractivity contribution is 9.10. The van der Waals surface area contributed by atoms with Crippen LogP contribution in [0.2, 0.25) is 0 Å². The smallest absolute Gasteiger partial charge is 0.129 e. The first-order chi connectivity index (χ1) is 8.56. The highest BCUT2D eigenvalue weighted by Gasteiger charge is 2.03. The molecule has 4 heteroatoms. The molecule has 1 N–H and O–H groups in total. The fourth-order valence-electron chi connectivity index (χ4n) is 1.62. The summed E-state index contributed by atoms with van der Waals surface area (Å²) in [5.74, 6) is -0.508. The van der Waals surface area contributed by atoms with Gasteiger partial charge >= 0.3 is 0 Å². The first kappa shape index (κ1) is 13.0. The molecule has 0 spiro atoms. The number of aryl methyl sites for hydroxylation is 1. The zero-order valence-corrected chi connectivity index (χ0v) is 11.4. The normalized spacial score (nSPS) is 10.4. The van der Waals surface area contributed by atoms with Crippen molar-refractivity contribution in [2.24, 2.45) is 0 Å². The Morgan fingerprint density at radius 1 is 1.06 bits per heavy atom. The first-order valence-electron chi connectivity index (χ1n) is 5.50. The summed E-state index contributed by atoms with van der Waals surface area (Å²) in [6, 6.07) is 9.66. The van der Waals surface area contributed by atoms with Gasteiger partial charge in [-0.05, 0) is 42.8 Å². The van der Waals surface area contributed by atoms with Crippen LogP contribution < -0.4 is 5.32 Å². The molecule has 2 aromatic rings. The lowest BCUT2D eigenvalue weighted by Gasteiger charge is -2.09. The molecule has 0 amide bonds. The lowest BCUT2D eigenvalue weighted by atomic mass is 10.2. The molecule has 0 aliphatic rings. The summed E-state index contributed by atoms with van der Waals surface area (Å²) in [5, 5.41) is 3.07. The van der Waals surface area contributed by atoms with Crippen molar-refractivity contribution in [2.75, 3.05) is 5.32 Å². The van der Waals surface area contributed by atoms with Gasteiger partial charge in [0, 0.05) is 22.3 Å². The van der Waals surface area contributed by atoms with E-state index >= 15 is 0 Å². The molecule has 2 rings (SSSR count). The Kier molecular flexibility index (Phi) is 3.97. The van der Waals surface area contributed by atoms with Gasteiger partial charge in [0.25, 0.3) is 0 Å². The molecule has 1 nitrogen and oxygen atoms in total. The number of benzene rings is 2. The highest BCUT2D eigenvalue weighted by Crippen LogP contribution is 2.18. The van der Waals surface area contributed by atoms with E-state index in [0.717, 1.165) is 5.69 Å². The van der Waals surface area contributed by atoms with Crippen LogP contribution in [0.1, 0.15) is 11.1 Å². The number of hydrogen-bond acceptors (Lipinski definition) is 1. The molecule has 0 saturated heterocycles. The standard InChI is InChI=1S/C14H12BrF2N/c1-9-6-12(4-5-13(9)16)18-8-10-2-3-11(15)7-14(10)17/h2-7,18H,8H2,1H3. The predicted molar refractivity (Wildman–Crippen MR) is 72.6 cm³/mol. The van der Waals surface area contributed by atoms with Crippen LogP contribution in [0.3, 0.4) is 0 Å². The van der Waals surface area contributed by atoms with Crippen molar-refractivity contribution >= 4 is 21.6 Å². The summed E-state index contributed by atoms with van der Waals surface area (Å²) in [7, 11) is 0. The first-order valence-corrected chi connectivity index (χ1v) is 6.29. The van der Waals surface area contributed by atoms with Gasteiger partial charge in [-0.2, -0.15) is 0 Å². The zero-order valence-electron chi connectivity index (χ0n) is 9.81. The summed E-state index contributed by atoms with van der Waals surface area (Å²) in [5.41, 5.74) is 1.91. The topological polar surface area (TPSA) is 12.0 Å². The van der Waals surface area contributed by atoms with Crippen molar-refractivity contribution in [3.63, 3.8) is 0 Å². The van der Waals surface area contributed by atoms with Crippen LogP contribution in [0, 0.1) is 18.6 Å². The van der Waals surface area contributed by atoms with E-state index in [4.69, 9.17) is 0 Å². The van der Waals surface area contributed by atoms with Crippen molar-refractivity contribution in [3.05, 3.63) is 63.6 Å². The molecule has 18 heavy (non-hydrogen) atoms. The van der Waals surface area contributed by atoms with Gasteiger partial charge in [0.05, 0.1) is 0 Å². The molecule has 0 aliphatic heterocycles. The molecule has 94 valence electrons. The lowest BCUT2D eigenvalue weighted by Crippen LogP contribution is -2.02. The van der Waals surface area contributed by atoms with E-state index < -0.39 is 0 Å². The molecule has 0 aromatic heterocycles. The molecule has 0 bridgehead atoms. The van der Waals surface area contributed by atoms with Gasteiger partial charge in [0.15, 0.2) is 0 Å². The average Bonchev–Trinajstić information content (AvgIpc) is 2.32. The third kappa shape index (κ3) is 3.07. The Morgan fingerprint density at radius 2 is 1.83 bits per heavy atom. The summed E-state index contributed by atoms with van der Waals surface area (Å²) in [6.07, 6.45) is 0. The van der Waals surface area contributed by atoms with Crippen LogP contribution in [0.15, 0.2) is 40.9 Å². The number of anilines is 1. The Hall–Kier alpha value is -1.42. The van der Waals surface area contributed by atoms with Gasteiger partial charge in [-0.1, -0.05) is 22.0 Å². The Bertz CT molecular complexity index is 570. The number of nitrogens with one attached hydrogen (secondary N) is 1. The molecule has 0 aliphatic carbocycles. The fourth-order valence-corrected chi connectivity index (χ4v) is 1.95. The average molecular weight is 312 g/mol. The third-order valence-electron chi connectivity index (χ3n) is 2.66. The highest BCUT2D eigenvalue weighted by atomic mass is 79.9. The third-order valence-corrected chi connectivity index (χ3v) is 3.15. The maximum atomic E-state index is 13.6. The van der Waals surface area contributed by atoms with E-state index in [0.29, 0.717) is 22.1 Å². The van der Waals surface area contributed by atoms with E-state index in [-0.39, 0.29) is 11.6 Å². The fraction of sp³-hybridized carbons (Fsp3) is 0.143. The van der Waals surface area contributed by atoms with Crippen LogP contribution in [0.25, 0.3) is 0 Å². The predicted octanol–water partition coefficient (Wildman–Crippen LogP) is 4.65. The van der Waals surface area contributed by atoms with Crippen LogP contribution in [0.5, 0.6) is 0 Å². The molecule has 0 fully saturated rings. The maximum absolute atomic E-state index is 13.6. The quantitative estimate of drug-likeness (QED) is 0.870. The van der Waals surface area contributed by atoms with Gasteiger partial charge in [0.1, 0.15) is 11.6 Å². The Labute approximate surface area is 113 Å². The molecule has 0 radical (unpaired) electrons. The van der Waals surface area contributed by atoms with Gasteiger partial charge in [-0.15, -0.1) is 0 Å². The van der Waals surface area contributed by atoms with E-state index in [1.165, 1.54) is 12.1 Å². The van der Waals surface area contributed by atoms with Gasteiger partial charge in [-0.3, -0.25) is 0 Å². The van der Waals surface area contributed by atoms with E-state index in [2.05, 4.69) is 21.2 Å². The molecule has 0 unspecified atom stereocenters. The van der Waals surface area contributed by atoms with Crippen molar-refractivity contribution in [1.29, 1.82) is 0 Å². The second kappa shape index (κ2) is 5.48. The second-order valence-electron chi connectivity index (χ2n) is 4.05. The lowest BCUT2D eigenvalue weighted by molar-refractivity contribution is 0.611. The van der Waals surface area contributed by atoms with E-state index in [1.54, 1.807) is 31.2 Å². The van der Waals surface area contributed by atoms with Crippen molar-refractivity contribution in [2.45, 2.75) is 13.5 Å². The van der Waals surface area contributed by atoms with E-state index in [9.17, 15) is 8.78 Å². The molecule has 0 atom stereocenters. The summed E-state index contributed by atoms with van der Waals surface area (Å²) < 4.78 is 27.4. The van der Waals surface area contributed by atoms with Crippen LogP contribution >= 0.6 is 15.9 Å². The minimum absolute atomic E-state index is 0.240. The van der Waals surface area contributed by atoms with Gasteiger partial charge in [-0.25, -0.2) is 8.78 Å². The van der Waals surface area contributed by atoms with Crippen LogP contribution in [0.4, 0.5) is 14.5 Å². The van der Waals surface area contributed by atoms with Crippen molar-refractivity contribution < 1.29 is 8.78 Å². The summed E-state index contributed by atoms with van der Waals surface area (Å²) in [4.78, 5) is 0. The Morgan fingerprint density at radius 3 is 2.50 bits per heavy atom. The number of halogens is 3. The molecular weight excluding hydrogens is 300 g/mol. The van der Waals surface area contributed by atoms with Crippen molar-refractivity contribution in [3.8, 4) is 0 Å². The summed E-state index contributed by atoms with van der Waals surface area (Å²) >= 11 is 3.21. The second-order valence-corrected chi connectivity index (χ2v) is 4.97. The van der Waals surface area contributed by atoms with Crippen LogP contribution in [-0.2, 0) is 6.54 Å². The van der Waals surface area contributed by atoms with Gasteiger partial charge < -0.3 is 5.32 Å². The summed E-state index contributed by atoms with van der Waals surface area (Å²) in [6.45, 7) is 2.06. The largest absolute Gasteiger partial charge is 0.381 e. The zero-order chi connectivity index (χ0) is 13.1. The molecule has 0 heterocycles. The van der Waals surface area contributed by atoms with Crippen molar-refractivity contribution in [1.82, 2.24) is 0 Å². The number of hydrogen-bond donors (Lipinski definition) is 1. The maximum Gasteiger partial charge on any atom is 0.129 e. The number of rotatable bonds is 3. The molecule has 0 saturated carbocycles. The molecular formula is C14H12BrF2N. The minimum atomic E-state index is -0.268. The Balaban J connectivity index is 2.09. The minimum Gasteiger partial charge on any atom is -0.381 e. The monoisotopic (exact) mass is 311 g/mol.